The third kappa shape index (κ3) is 4.55. The van der Waals surface area contributed by atoms with Crippen molar-refractivity contribution in [1.82, 2.24) is 19.9 Å². The fourth-order valence-corrected chi connectivity index (χ4v) is 5.83. The number of nitrogens with zero attached hydrogens (tertiary/aromatic N) is 5. The van der Waals surface area contributed by atoms with Crippen LogP contribution in [0, 0.1) is 5.92 Å². The first-order chi connectivity index (χ1) is 13.1. The van der Waals surface area contributed by atoms with Crippen LogP contribution in [0.15, 0.2) is 10.7 Å². The van der Waals surface area contributed by atoms with Crippen molar-refractivity contribution in [2.24, 2.45) is 5.92 Å². The number of thiazole rings is 1. The predicted octanol–water partition coefficient (Wildman–Crippen LogP) is 3.52. The number of piperidine rings is 1. The molecule has 4 heterocycles. The van der Waals surface area contributed by atoms with E-state index in [2.05, 4.69) is 44.9 Å². The van der Waals surface area contributed by atoms with Crippen LogP contribution in [-0.2, 0) is 4.74 Å². The predicted molar refractivity (Wildman–Crippen MR) is 113 cm³/mol. The highest BCUT2D eigenvalue weighted by molar-refractivity contribution is 8.00. The number of hydrogen-bond donors (Lipinski definition) is 0. The van der Waals surface area contributed by atoms with Gasteiger partial charge in [-0.1, -0.05) is 11.8 Å². The molecule has 2 unspecified atom stereocenters. The fraction of sp³-hybridized carbons (Fsp3) is 0.737. The molecule has 2 atom stereocenters. The van der Waals surface area contributed by atoms with E-state index in [0.29, 0.717) is 12.2 Å². The molecule has 0 aromatic carbocycles. The largest absolute Gasteiger partial charge is 0.373 e. The van der Waals surface area contributed by atoms with Gasteiger partial charge < -0.3 is 9.64 Å². The van der Waals surface area contributed by atoms with Gasteiger partial charge in [0.1, 0.15) is 11.0 Å². The summed E-state index contributed by atoms with van der Waals surface area (Å²) in [4.78, 5) is 18.5. The smallest absolute Gasteiger partial charge is 0.176 e. The summed E-state index contributed by atoms with van der Waals surface area (Å²) in [6, 6.07) is 0. The van der Waals surface area contributed by atoms with E-state index in [4.69, 9.17) is 4.74 Å². The highest BCUT2D eigenvalue weighted by Crippen LogP contribution is 2.34. The minimum absolute atomic E-state index is 0.362. The van der Waals surface area contributed by atoms with Crippen molar-refractivity contribution in [3.05, 3.63) is 6.33 Å². The van der Waals surface area contributed by atoms with Gasteiger partial charge in [0.05, 0.1) is 12.2 Å². The zero-order valence-corrected chi connectivity index (χ0v) is 18.1. The zero-order chi connectivity index (χ0) is 18.8. The number of rotatable bonds is 5. The van der Waals surface area contributed by atoms with E-state index in [0.717, 1.165) is 52.6 Å². The molecule has 0 aliphatic carbocycles. The number of thioether (sulfide) groups is 1. The molecule has 0 amide bonds. The lowest BCUT2D eigenvalue weighted by Gasteiger charge is -2.37. The number of ether oxygens (including phenoxy) is 1. The second-order valence-electron chi connectivity index (χ2n) is 7.77. The normalized spacial score (nSPS) is 25.4. The SMILES string of the molecule is CSc1nc2ncnc(N3CCC(CCN4CC(C)OC(C)C4)CC3)c2s1. The van der Waals surface area contributed by atoms with Crippen LogP contribution in [0.4, 0.5) is 5.82 Å². The lowest BCUT2D eigenvalue weighted by atomic mass is 9.93. The summed E-state index contributed by atoms with van der Waals surface area (Å²) >= 11 is 3.39. The molecule has 0 N–H and O–H groups in total. The van der Waals surface area contributed by atoms with Crippen molar-refractivity contribution in [3.8, 4) is 0 Å². The van der Waals surface area contributed by atoms with E-state index in [9.17, 15) is 0 Å². The summed E-state index contributed by atoms with van der Waals surface area (Å²) < 4.78 is 8.05. The third-order valence-corrected chi connectivity index (χ3v) is 7.62. The maximum Gasteiger partial charge on any atom is 0.176 e. The van der Waals surface area contributed by atoms with Gasteiger partial charge in [-0.25, -0.2) is 15.0 Å². The summed E-state index contributed by atoms with van der Waals surface area (Å²) in [5.41, 5.74) is 0.840. The zero-order valence-electron chi connectivity index (χ0n) is 16.4. The molecule has 0 bridgehead atoms. The van der Waals surface area contributed by atoms with Crippen LogP contribution >= 0.6 is 23.1 Å². The Bertz CT molecular complexity index is 752. The monoisotopic (exact) mass is 407 g/mol. The van der Waals surface area contributed by atoms with Gasteiger partial charge in [-0.05, 0) is 51.8 Å². The summed E-state index contributed by atoms with van der Waals surface area (Å²) in [7, 11) is 0. The van der Waals surface area contributed by atoms with Crippen LogP contribution in [0.25, 0.3) is 10.3 Å². The minimum Gasteiger partial charge on any atom is -0.373 e. The van der Waals surface area contributed by atoms with Gasteiger partial charge in [0.2, 0.25) is 0 Å². The molecule has 2 aromatic heterocycles. The Morgan fingerprint density at radius 2 is 1.93 bits per heavy atom. The standard InChI is InChI=1S/C19H29N5OS2/c1-13-10-23(11-14(2)25-13)7-4-15-5-8-24(9-6-15)18-16-17(20-12-21-18)22-19(26-3)27-16/h12-15H,4-11H2,1-3H3. The third-order valence-electron chi connectivity index (χ3n) is 5.59. The topological polar surface area (TPSA) is 54.4 Å². The van der Waals surface area contributed by atoms with Crippen LogP contribution < -0.4 is 4.90 Å². The lowest BCUT2D eigenvalue weighted by Crippen LogP contribution is -2.46. The molecule has 2 aliphatic heterocycles. The van der Waals surface area contributed by atoms with Crippen molar-refractivity contribution in [2.75, 3.05) is 43.9 Å². The van der Waals surface area contributed by atoms with Gasteiger partial charge in [-0.3, -0.25) is 4.90 Å². The molecule has 0 saturated carbocycles. The quantitative estimate of drug-likeness (QED) is 0.703. The van der Waals surface area contributed by atoms with Crippen LogP contribution in [0.5, 0.6) is 0 Å². The first-order valence-corrected chi connectivity index (χ1v) is 11.9. The molecule has 27 heavy (non-hydrogen) atoms. The molecular weight excluding hydrogens is 378 g/mol. The van der Waals surface area contributed by atoms with Crippen molar-refractivity contribution >= 4 is 39.3 Å². The van der Waals surface area contributed by atoms with Crippen molar-refractivity contribution in [1.29, 1.82) is 0 Å². The first-order valence-electron chi connectivity index (χ1n) is 9.90. The molecule has 8 heteroatoms. The van der Waals surface area contributed by atoms with Crippen molar-refractivity contribution in [2.45, 2.75) is 49.7 Å². The van der Waals surface area contributed by atoms with Gasteiger partial charge >= 0.3 is 0 Å². The maximum atomic E-state index is 5.85. The summed E-state index contributed by atoms with van der Waals surface area (Å²) in [5.74, 6) is 1.89. The van der Waals surface area contributed by atoms with E-state index >= 15 is 0 Å². The number of aromatic nitrogens is 3. The Kier molecular flexibility index (Phi) is 6.16. The van der Waals surface area contributed by atoms with Crippen LogP contribution in [0.1, 0.15) is 33.1 Å². The van der Waals surface area contributed by atoms with E-state index in [1.54, 1.807) is 29.4 Å². The first kappa shape index (κ1) is 19.4. The average molecular weight is 408 g/mol. The number of fused-ring (bicyclic) bond motifs is 1. The summed E-state index contributed by atoms with van der Waals surface area (Å²) in [5, 5.41) is 0. The maximum absolute atomic E-state index is 5.85. The molecule has 4 rings (SSSR count). The van der Waals surface area contributed by atoms with Gasteiger partial charge in [-0.2, -0.15) is 0 Å². The number of anilines is 1. The number of morpholine rings is 1. The number of hydrogen-bond acceptors (Lipinski definition) is 8. The summed E-state index contributed by atoms with van der Waals surface area (Å²) in [6.45, 7) is 9.89. The van der Waals surface area contributed by atoms with Gasteiger partial charge in [-0.15, -0.1) is 11.3 Å². The molecule has 0 radical (unpaired) electrons. The van der Waals surface area contributed by atoms with Gasteiger partial charge in [0.25, 0.3) is 0 Å². The van der Waals surface area contributed by atoms with Gasteiger partial charge in [0, 0.05) is 26.2 Å². The molecule has 2 aromatic rings. The van der Waals surface area contributed by atoms with Crippen LogP contribution in [-0.4, -0.2) is 71.0 Å². The Balaban J connectivity index is 1.32. The van der Waals surface area contributed by atoms with Gasteiger partial charge in [0.15, 0.2) is 15.8 Å². The molecule has 2 saturated heterocycles. The van der Waals surface area contributed by atoms with E-state index in [1.807, 2.05) is 0 Å². The van der Waals surface area contributed by atoms with E-state index < -0.39 is 0 Å². The Morgan fingerprint density at radius 3 is 2.63 bits per heavy atom. The fourth-order valence-electron chi connectivity index (χ4n) is 4.30. The average Bonchev–Trinajstić information content (AvgIpc) is 3.09. The molecule has 6 nitrogen and oxygen atoms in total. The molecule has 2 fully saturated rings. The Labute approximate surface area is 169 Å². The highest BCUT2D eigenvalue weighted by atomic mass is 32.2. The molecule has 148 valence electrons. The molecular formula is C19H29N5OS2. The molecule has 2 aliphatic rings. The lowest BCUT2D eigenvalue weighted by molar-refractivity contribution is -0.0690. The Morgan fingerprint density at radius 1 is 1.19 bits per heavy atom. The van der Waals surface area contributed by atoms with E-state index in [1.165, 1.54) is 25.8 Å². The van der Waals surface area contributed by atoms with Crippen LogP contribution in [0.2, 0.25) is 0 Å². The Hall–Kier alpha value is -0.960. The summed E-state index contributed by atoms with van der Waals surface area (Å²) in [6.07, 6.45) is 8.23. The van der Waals surface area contributed by atoms with E-state index in [-0.39, 0.29) is 0 Å². The highest BCUT2D eigenvalue weighted by Gasteiger charge is 2.26. The van der Waals surface area contributed by atoms with Crippen LogP contribution in [0.3, 0.4) is 0 Å². The second kappa shape index (κ2) is 8.59. The van der Waals surface area contributed by atoms with Crippen molar-refractivity contribution in [3.63, 3.8) is 0 Å². The molecule has 0 spiro atoms. The second-order valence-corrected chi connectivity index (χ2v) is 9.82. The van der Waals surface area contributed by atoms with Crippen molar-refractivity contribution < 1.29 is 4.74 Å². The minimum atomic E-state index is 0.362.